The maximum Gasteiger partial charge on any atom is 0.246 e. The summed E-state index contributed by atoms with van der Waals surface area (Å²) in [6, 6.07) is 3.04. The van der Waals surface area contributed by atoms with Crippen LogP contribution in [-0.4, -0.2) is 52.9 Å². The van der Waals surface area contributed by atoms with Crippen LogP contribution in [0.25, 0.3) is 0 Å². The number of nitrogens with zero attached hydrogens (tertiary/aromatic N) is 2. The van der Waals surface area contributed by atoms with Crippen LogP contribution in [0.15, 0.2) is 24.8 Å². The molecule has 7 heteroatoms. The Labute approximate surface area is 151 Å². The van der Waals surface area contributed by atoms with Crippen LogP contribution in [0, 0.1) is 0 Å². The molecule has 1 aliphatic rings. The summed E-state index contributed by atoms with van der Waals surface area (Å²) in [5.41, 5.74) is 0.679. The number of benzene rings is 1. The van der Waals surface area contributed by atoms with Crippen molar-refractivity contribution in [2.24, 2.45) is 0 Å². The molecule has 0 spiro atoms. The summed E-state index contributed by atoms with van der Waals surface area (Å²) in [5.74, 6) is 0.0471. The monoisotopic (exact) mass is 370 g/mol. The van der Waals surface area contributed by atoms with Crippen molar-refractivity contribution in [3.8, 4) is 5.75 Å². The van der Waals surface area contributed by atoms with Gasteiger partial charge >= 0.3 is 0 Å². The molecule has 0 aliphatic carbocycles. The van der Waals surface area contributed by atoms with E-state index in [0.717, 1.165) is 0 Å². The fourth-order valence-corrected chi connectivity index (χ4v) is 3.02. The molecule has 0 unspecified atom stereocenters. The summed E-state index contributed by atoms with van der Waals surface area (Å²) in [5, 5.41) is 10.5. The van der Waals surface area contributed by atoms with E-state index in [-0.39, 0.29) is 17.6 Å². The standard InChI is InChI=1S/C17H20Cl2N2O3/c1-2-16(23)20-6-8-21(9-7-20)17(24)5-3-4-12-10-13(18)14(19)11-15(12)22/h2,10-11,22H,1,3-9H2. The lowest BCUT2D eigenvalue weighted by atomic mass is 10.1. The molecular weight excluding hydrogens is 351 g/mol. The van der Waals surface area contributed by atoms with Gasteiger partial charge in [0.1, 0.15) is 5.75 Å². The normalized spacial score (nSPS) is 14.6. The van der Waals surface area contributed by atoms with Gasteiger partial charge in [-0.25, -0.2) is 0 Å². The number of halogens is 2. The number of carbonyl (C=O) groups is 2. The highest BCUT2D eigenvalue weighted by Crippen LogP contribution is 2.30. The molecule has 2 amide bonds. The Bertz CT molecular complexity index is 641. The van der Waals surface area contributed by atoms with Gasteiger partial charge in [0.25, 0.3) is 0 Å². The average molecular weight is 371 g/mol. The lowest BCUT2D eigenvalue weighted by Gasteiger charge is -2.34. The van der Waals surface area contributed by atoms with Crippen molar-refractivity contribution in [1.29, 1.82) is 0 Å². The topological polar surface area (TPSA) is 60.9 Å². The van der Waals surface area contributed by atoms with Gasteiger partial charge in [0.2, 0.25) is 11.8 Å². The molecule has 2 rings (SSSR count). The average Bonchev–Trinajstić information content (AvgIpc) is 2.58. The number of aromatic hydroxyl groups is 1. The molecule has 0 atom stereocenters. The van der Waals surface area contributed by atoms with Crippen molar-refractivity contribution in [2.75, 3.05) is 26.2 Å². The molecule has 24 heavy (non-hydrogen) atoms. The number of phenolic OH excluding ortho intramolecular Hbond substituents is 1. The third-order valence-corrected chi connectivity index (χ3v) is 4.80. The van der Waals surface area contributed by atoms with Gasteiger partial charge in [-0.3, -0.25) is 9.59 Å². The zero-order chi connectivity index (χ0) is 17.7. The fourth-order valence-electron chi connectivity index (χ4n) is 2.67. The van der Waals surface area contributed by atoms with Crippen molar-refractivity contribution in [3.63, 3.8) is 0 Å². The first-order chi connectivity index (χ1) is 11.4. The first-order valence-electron chi connectivity index (χ1n) is 7.78. The number of phenols is 1. The molecule has 1 saturated heterocycles. The maximum absolute atomic E-state index is 12.2. The molecule has 0 aromatic heterocycles. The molecule has 1 aromatic rings. The highest BCUT2D eigenvalue weighted by molar-refractivity contribution is 6.42. The van der Waals surface area contributed by atoms with E-state index in [9.17, 15) is 14.7 Å². The summed E-state index contributed by atoms with van der Waals surface area (Å²) < 4.78 is 0. The first kappa shape index (κ1) is 18.6. The molecule has 0 bridgehead atoms. The van der Waals surface area contributed by atoms with E-state index in [2.05, 4.69) is 6.58 Å². The Hall–Kier alpha value is -1.72. The van der Waals surface area contributed by atoms with Crippen LogP contribution in [0.2, 0.25) is 10.0 Å². The number of amides is 2. The van der Waals surface area contributed by atoms with Crippen molar-refractivity contribution in [3.05, 3.63) is 40.4 Å². The lowest BCUT2D eigenvalue weighted by Crippen LogP contribution is -2.50. The number of hydrogen-bond donors (Lipinski definition) is 1. The predicted molar refractivity (Wildman–Crippen MR) is 94.4 cm³/mol. The predicted octanol–water partition coefficient (Wildman–Crippen LogP) is 2.88. The number of aryl methyl sites for hydroxylation is 1. The van der Waals surface area contributed by atoms with Crippen molar-refractivity contribution >= 4 is 35.0 Å². The molecular formula is C17H20Cl2N2O3. The number of carbonyl (C=O) groups excluding carboxylic acids is 2. The molecule has 5 nitrogen and oxygen atoms in total. The third-order valence-electron chi connectivity index (χ3n) is 4.08. The Morgan fingerprint density at radius 1 is 1.12 bits per heavy atom. The second-order valence-electron chi connectivity index (χ2n) is 5.66. The SMILES string of the molecule is C=CC(=O)N1CCN(C(=O)CCCc2cc(Cl)c(Cl)cc2O)CC1. The first-order valence-corrected chi connectivity index (χ1v) is 8.54. The molecule has 130 valence electrons. The molecule has 1 N–H and O–H groups in total. The van der Waals surface area contributed by atoms with E-state index >= 15 is 0 Å². The van der Waals surface area contributed by atoms with Gasteiger partial charge in [0, 0.05) is 38.7 Å². The van der Waals surface area contributed by atoms with Gasteiger partial charge in [0.15, 0.2) is 0 Å². The second-order valence-corrected chi connectivity index (χ2v) is 6.47. The zero-order valence-corrected chi connectivity index (χ0v) is 14.8. The van der Waals surface area contributed by atoms with Crippen LogP contribution in [0.3, 0.4) is 0 Å². The molecule has 1 fully saturated rings. The minimum atomic E-state index is -0.0998. The summed E-state index contributed by atoms with van der Waals surface area (Å²) in [6.45, 7) is 5.61. The van der Waals surface area contributed by atoms with Gasteiger partial charge in [-0.15, -0.1) is 0 Å². The molecule has 1 heterocycles. The van der Waals surface area contributed by atoms with E-state index in [1.54, 1.807) is 15.9 Å². The molecule has 1 aliphatic heterocycles. The summed E-state index contributed by atoms with van der Waals surface area (Å²) in [6.07, 6.45) is 2.83. The maximum atomic E-state index is 12.2. The quantitative estimate of drug-likeness (QED) is 0.810. The third kappa shape index (κ3) is 4.65. The van der Waals surface area contributed by atoms with Crippen molar-refractivity contribution < 1.29 is 14.7 Å². The van der Waals surface area contributed by atoms with Gasteiger partial charge in [-0.2, -0.15) is 0 Å². The van der Waals surface area contributed by atoms with E-state index in [4.69, 9.17) is 23.2 Å². The van der Waals surface area contributed by atoms with Crippen LogP contribution >= 0.6 is 23.2 Å². The highest BCUT2D eigenvalue weighted by atomic mass is 35.5. The Morgan fingerprint density at radius 3 is 2.33 bits per heavy atom. The smallest absolute Gasteiger partial charge is 0.246 e. The van der Waals surface area contributed by atoms with E-state index in [1.165, 1.54) is 12.1 Å². The molecule has 1 aromatic carbocycles. The summed E-state index contributed by atoms with van der Waals surface area (Å²) >= 11 is 11.8. The minimum Gasteiger partial charge on any atom is -0.508 e. The van der Waals surface area contributed by atoms with Gasteiger partial charge in [-0.1, -0.05) is 29.8 Å². The van der Waals surface area contributed by atoms with Crippen LogP contribution in [0.4, 0.5) is 0 Å². The van der Waals surface area contributed by atoms with Crippen molar-refractivity contribution in [1.82, 2.24) is 9.80 Å². The summed E-state index contributed by atoms with van der Waals surface area (Å²) in [4.78, 5) is 27.2. The number of rotatable bonds is 5. The Kier molecular flexibility index (Phi) is 6.52. The van der Waals surface area contributed by atoms with Crippen LogP contribution in [0.5, 0.6) is 5.75 Å². The van der Waals surface area contributed by atoms with Gasteiger partial charge < -0.3 is 14.9 Å². The van der Waals surface area contributed by atoms with E-state index in [0.29, 0.717) is 61.1 Å². The van der Waals surface area contributed by atoms with Crippen LogP contribution in [-0.2, 0) is 16.0 Å². The van der Waals surface area contributed by atoms with E-state index in [1.807, 2.05) is 0 Å². The molecule has 0 saturated carbocycles. The fraction of sp³-hybridized carbons (Fsp3) is 0.412. The van der Waals surface area contributed by atoms with Gasteiger partial charge in [-0.05, 0) is 30.5 Å². The van der Waals surface area contributed by atoms with E-state index < -0.39 is 0 Å². The highest BCUT2D eigenvalue weighted by Gasteiger charge is 2.22. The second kappa shape index (κ2) is 8.40. The van der Waals surface area contributed by atoms with Crippen LogP contribution in [0.1, 0.15) is 18.4 Å². The summed E-state index contributed by atoms with van der Waals surface area (Å²) in [7, 11) is 0. The Balaban J connectivity index is 1.79. The largest absolute Gasteiger partial charge is 0.508 e. The molecule has 0 radical (unpaired) electrons. The van der Waals surface area contributed by atoms with Gasteiger partial charge in [0.05, 0.1) is 10.0 Å². The lowest BCUT2D eigenvalue weighted by molar-refractivity contribution is -0.137. The van der Waals surface area contributed by atoms with Crippen molar-refractivity contribution in [2.45, 2.75) is 19.3 Å². The number of hydrogen-bond acceptors (Lipinski definition) is 3. The minimum absolute atomic E-state index is 0.0558. The number of piperazine rings is 1. The Morgan fingerprint density at radius 2 is 1.71 bits per heavy atom. The van der Waals surface area contributed by atoms with Crippen LogP contribution < -0.4 is 0 Å². The zero-order valence-electron chi connectivity index (χ0n) is 13.3.